The highest BCUT2D eigenvalue weighted by Gasteiger charge is 2.37. The largest absolute Gasteiger partial charge is 0.493 e. The topological polar surface area (TPSA) is 102 Å². The average molecular weight is 425 g/mol. The second-order valence-electron chi connectivity index (χ2n) is 5.91. The third-order valence-electron chi connectivity index (χ3n) is 4.15. The summed E-state index contributed by atoms with van der Waals surface area (Å²) < 4.78 is 35.3. The third-order valence-corrected chi connectivity index (χ3v) is 6.14. The minimum atomic E-state index is -3.79. The number of sulfonamides is 1. The van der Waals surface area contributed by atoms with Crippen molar-refractivity contribution in [2.45, 2.75) is 6.42 Å². The Hall–Kier alpha value is -2.78. The first-order valence-corrected chi connectivity index (χ1v) is 10.1. The van der Waals surface area contributed by atoms with Crippen LogP contribution in [-0.2, 0) is 14.8 Å². The van der Waals surface area contributed by atoms with Crippen LogP contribution in [-0.4, -0.2) is 40.2 Å². The first-order valence-electron chi connectivity index (χ1n) is 8.15. The molecule has 0 radical (unpaired) electrons. The van der Waals surface area contributed by atoms with E-state index in [1.807, 2.05) is 0 Å². The Bertz CT molecular complexity index is 1050. The molecular formula is C18H17ClN2O6S. The van der Waals surface area contributed by atoms with E-state index >= 15 is 0 Å². The number of rotatable bonds is 5. The van der Waals surface area contributed by atoms with Gasteiger partial charge in [0, 0.05) is 23.7 Å². The van der Waals surface area contributed by atoms with Gasteiger partial charge in [-0.05, 0) is 30.3 Å². The average Bonchev–Trinajstić information content (AvgIpc) is 2.94. The zero-order chi connectivity index (χ0) is 20.5. The highest BCUT2D eigenvalue weighted by atomic mass is 35.5. The molecule has 0 aromatic heterocycles. The van der Waals surface area contributed by atoms with E-state index < -0.39 is 21.8 Å². The highest BCUT2D eigenvalue weighted by molar-refractivity contribution is 7.94. The molecule has 2 amide bonds. The molecule has 0 aliphatic carbocycles. The lowest BCUT2D eigenvalue weighted by molar-refractivity contribution is -0.116. The Morgan fingerprint density at radius 3 is 2.43 bits per heavy atom. The number of carbonyl (C=O) groups is 2. The molecule has 0 bridgehead atoms. The van der Waals surface area contributed by atoms with Gasteiger partial charge in [-0.1, -0.05) is 11.6 Å². The van der Waals surface area contributed by atoms with Crippen LogP contribution in [0.25, 0.3) is 0 Å². The van der Waals surface area contributed by atoms with Crippen molar-refractivity contribution in [2.24, 2.45) is 0 Å². The molecule has 0 unspecified atom stereocenters. The second kappa shape index (κ2) is 7.69. The van der Waals surface area contributed by atoms with Gasteiger partial charge in [0.1, 0.15) is 0 Å². The smallest absolute Gasteiger partial charge is 0.255 e. The van der Waals surface area contributed by atoms with Crippen molar-refractivity contribution in [1.29, 1.82) is 0 Å². The first-order chi connectivity index (χ1) is 13.3. The fraction of sp³-hybridized carbons (Fsp3) is 0.222. The SMILES string of the molecule is COc1ccc(NC(=O)c2ccc(Cl)c(N3C(=O)CCS3(=O)=O)c2)cc1OC. The number of amides is 2. The van der Waals surface area contributed by atoms with E-state index in [1.54, 1.807) is 18.2 Å². The highest BCUT2D eigenvalue weighted by Crippen LogP contribution is 2.33. The van der Waals surface area contributed by atoms with Crippen molar-refractivity contribution in [3.05, 3.63) is 47.0 Å². The molecule has 0 spiro atoms. The molecule has 0 atom stereocenters. The van der Waals surface area contributed by atoms with E-state index in [2.05, 4.69) is 5.32 Å². The first kappa shape index (κ1) is 20.0. The van der Waals surface area contributed by atoms with Gasteiger partial charge in [0.05, 0.1) is 30.7 Å². The number of ether oxygens (including phenoxy) is 2. The van der Waals surface area contributed by atoms with Crippen molar-refractivity contribution in [3.63, 3.8) is 0 Å². The predicted octanol–water partition coefficient (Wildman–Crippen LogP) is 2.68. The number of nitrogens with one attached hydrogen (secondary N) is 1. The van der Waals surface area contributed by atoms with Crippen LogP contribution in [0.5, 0.6) is 11.5 Å². The van der Waals surface area contributed by atoms with Gasteiger partial charge in [-0.3, -0.25) is 9.59 Å². The summed E-state index contributed by atoms with van der Waals surface area (Å²) in [7, 11) is -0.819. The molecular weight excluding hydrogens is 408 g/mol. The van der Waals surface area contributed by atoms with Gasteiger partial charge in [-0.2, -0.15) is 0 Å². The summed E-state index contributed by atoms with van der Waals surface area (Å²) in [5.74, 6) is -0.434. The van der Waals surface area contributed by atoms with Crippen molar-refractivity contribution in [3.8, 4) is 11.5 Å². The third kappa shape index (κ3) is 3.76. The lowest BCUT2D eigenvalue weighted by Crippen LogP contribution is -2.29. The van der Waals surface area contributed by atoms with E-state index in [1.165, 1.54) is 32.4 Å². The van der Waals surface area contributed by atoms with Gasteiger partial charge in [0.15, 0.2) is 11.5 Å². The summed E-state index contributed by atoms with van der Waals surface area (Å²) in [4.78, 5) is 24.6. The van der Waals surface area contributed by atoms with Gasteiger partial charge in [0.2, 0.25) is 15.9 Å². The fourth-order valence-electron chi connectivity index (χ4n) is 2.78. The van der Waals surface area contributed by atoms with E-state index in [9.17, 15) is 18.0 Å². The number of methoxy groups -OCH3 is 2. The number of carbonyl (C=O) groups excluding carboxylic acids is 2. The maximum absolute atomic E-state index is 12.6. The summed E-state index contributed by atoms with van der Waals surface area (Å²) in [6.07, 6.45) is -0.124. The Labute approximate surface area is 167 Å². The molecule has 148 valence electrons. The van der Waals surface area contributed by atoms with Crippen LogP contribution >= 0.6 is 11.6 Å². The minimum Gasteiger partial charge on any atom is -0.493 e. The quantitative estimate of drug-likeness (QED) is 0.791. The van der Waals surface area contributed by atoms with Crippen molar-refractivity contribution >= 4 is 44.8 Å². The van der Waals surface area contributed by atoms with Gasteiger partial charge in [-0.15, -0.1) is 0 Å². The molecule has 0 saturated carbocycles. The van der Waals surface area contributed by atoms with Crippen molar-refractivity contribution in [1.82, 2.24) is 0 Å². The molecule has 1 aliphatic rings. The van der Waals surface area contributed by atoms with Crippen LogP contribution in [0.3, 0.4) is 0 Å². The van der Waals surface area contributed by atoms with Gasteiger partial charge in [0.25, 0.3) is 5.91 Å². The van der Waals surface area contributed by atoms with Crippen LogP contribution in [0.2, 0.25) is 5.02 Å². The molecule has 1 aliphatic heterocycles. The summed E-state index contributed by atoms with van der Waals surface area (Å²) in [6, 6.07) is 8.94. The second-order valence-corrected chi connectivity index (χ2v) is 8.26. The molecule has 3 rings (SSSR count). The maximum Gasteiger partial charge on any atom is 0.255 e. The van der Waals surface area contributed by atoms with E-state index in [0.717, 1.165) is 0 Å². The zero-order valence-corrected chi connectivity index (χ0v) is 16.6. The number of hydrogen-bond donors (Lipinski definition) is 1. The summed E-state index contributed by atoms with van der Waals surface area (Å²) in [6.45, 7) is 0. The van der Waals surface area contributed by atoms with Gasteiger partial charge >= 0.3 is 0 Å². The summed E-state index contributed by atoms with van der Waals surface area (Å²) >= 11 is 6.09. The van der Waals surface area contributed by atoms with E-state index in [4.69, 9.17) is 21.1 Å². The normalized spacial score (nSPS) is 15.4. The lowest BCUT2D eigenvalue weighted by atomic mass is 10.1. The van der Waals surface area contributed by atoms with Crippen molar-refractivity contribution < 1.29 is 27.5 Å². The monoisotopic (exact) mass is 424 g/mol. The number of hydrogen-bond acceptors (Lipinski definition) is 6. The molecule has 28 heavy (non-hydrogen) atoms. The van der Waals surface area contributed by atoms with Gasteiger partial charge < -0.3 is 14.8 Å². The summed E-state index contributed by atoms with van der Waals surface area (Å²) in [5, 5.41) is 2.74. The standard InChI is InChI=1S/C18H17ClN2O6S/c1-26-15-6-4-12(10-16(15)27-2)20-18(23)11-3-5-13(19)14(9-11)21-17(22)7-8-28(21,24)25/h3-6,9-10H,7-8H2,1-2H3,(H,20,23). The zero-order valence-electron chi connectivity index (χ0n) is 15.1. The number of benzene rings is 2. The van der Waals surface area contributed by atoms with E-state index in [0.29, 0.717) is 21.5 Å². The molecule has 1 N–H and O–H groups in total. The number of nitrogens with zero attached hydrogens (tertiary/aromatic N) is 1. The Kier molecular flexibility index (Phi) is 5.48. The van der Waals surface area contributed by atoms with Crippen LogP contribution in [0.4, 0.5) is 11.4 Å². The minimum absolute atomic E-state index is 0.0378. The molecule has 1 heterocycles. The Morgan fingerprint density at radius 2 is 1.82 bits per heavy atom. The number of halogens is 1. The van der Waals surface area contributed by atoms with Crippen LogP contribution in [0.15, 0.2) is 36.4 Å². The molecule has 2 aromatic carbocycles. The van der Waals surface area contributed by atoms with Crippen molar-refractivity contribution in [2.75, 3.05) is 29.6 Å². The van der Waals surface area contributed by atoms with Gasteiger partial charge in [-0.25, -0.2) is 12.7 Å². The lowest BCUT2D eigenvalue weighted by Gasteiger charge is -2.17. The molecule has 1 saturated heterocycles. The van der Waals surface area contributed by atoms with E-state index in [-0.39, 0.29) is 28.4 Å². The van der Waals surface area contributed by atoms with Crippen LogP contribution in [0.1, 0.15) is 16.8 Å². The summed E-state index contributed by atoms with van der Waals surface area (Å²) in [5.41, 5.74) is 0.553. The molecule has 10 heteroatoms. The predicted molar refractivity (Wildman–Crippen MR) is 105 cm³/mol. The molecule has 2 aromatic rings. The van der Waals surface area contributed by atoms with Crippen LogP contribution < -0.4 is 19.1 Å². The molecule has 1 fully saturated rings. The molecule has 8 nitrogen and oxygen atoms in total. The van der Waals surface area contributed by atoms with Crippen LogP contribution in [0, 0.1) is 0 Å². The Morgan fingerprint density at radius 1 is 1.11 bits per heavy atom. The maximum atomic E-state index is 12.6. The Balaban J connectivity index is 1.90. The fourth-order valence-corrected chi connectivity index (χ4v) is 4.49. The number of anilines is 2.